The zero-order valence-corrected chi connectivity index (χ0v) is 15.2. The number of amidine groups is 1. The Labute approximate surface area is 156 Å². The van der Waals surface area contributed by atoms with Crippen LogP contribution in [0.4, 0.5) is 0 Å². The van der Waals surface area contributed by atoms with E-state index in [0.29, 0.717) is 38.2 Å². The van der Waals surface area contributed by atoms with Crippen molar-refractivity contribution in [2.75, 3.05) is 34.1 Å². The van der Waals surface area contributed by atoms with Gasteiger partial charge in [-0.05, 0) is 18.2 Å². The molecular formula is C17H21N7O3. The second kappa shape index (κ2) is 7.74. The summed E-state index contributed by atoms with van der Waals surface area (Å²) in [6, 6.07) is 5.81. The monoisotopic (exact) mass is 371 g/mol. The van der Waals surface area contributed by atoms with Gasteiger partial charge in [0, 0.05) is 12.7 Å². The minimum absolute atomic E-state index is 0.344. The smallest absolute Gasteiger partial charge is 0.237 e. The average Bonchev–Trinajstić information content (AvgIpc) is 3.34. The number of hydrogen-bond acceptors (Lipinski definition) is 9. The van der Waals surface area contributed by atoms with E-state index in [4.69, 9.17) is 19.2 Å². The lowest BCUT2D eigenvalue weighted by Crippen LogP contribution is -2.47. The number of hydrogen-bond donors (Lipinski definition) is 3. The number of nitrogens with zero attached hydrogens (tertiary/aromatic N) is 4. The lowest BCUT2D eigenvalue weighted by Gasteiger charge is -2.15. The molecule has 0 amide bonds. The van der Waals surface area contributed by atoms with Gasteiger partial charge in [-0.1, -0.05) is 0 Å². The SMILES string of the molecule is COCNNNC1=NCc2c(C3=NCCO3)ncn2-c2ccc(OC)cc21. The molecule has 10 nitrogen and oxygen atoms in total. The van der Waals surface area contributed by atoms with Gasteiger partial charge in [-0.15, -0.1) is 0 Å². The number of fused-ring (bicyclic) bond motifs is 3. The van der Waals surface area contributed by atoms with Crippen LogP contribution in [-0.2, 0) is 16.0 Å². The van der Waals surface area contributed by atoms with E-state index in [1.54, 1.807) is 20.5 Å². The highest BCUT2D eigenvalue weighted by atomic mass is 16.5. The molecule has 0 spiro atoms. The largest absolute Gasteiger partial charge is 0.497 e. The van der Waals surface area contributed by atoms with Crippen LogP contribution in [0.25, 0.3) is 5.69 Å². The summed E-state index contributed by atoms with van der Waals surface area (Å²) in [5.74, 6) is 1.97. The molecule has 0 radical (unpaired) electrons. The predicted octanol–water partition coefficient (Wildman–Crippen LogP) is 0.121. The Morgan fingerprint density at radius 2 is 2.19 bits per heavy atom. The maximum absolute atomic E-state index is 5.60. The molecule has 142 valence electrons. The standard InChI is InChI=1S/C17H21N7O3/c1-25-10-21-23-22-16-12-7-11(26-2)3-4-13(12)24-9-20-15(14(24)8-19-16)17-18-5-6-27-17/h3-4,7,9,21,23H,5-6,8,10H2,1-2H3,(H,19,22). The van der Waals surface area contributed by atoms with Crippen molar-refractivity contribution in [3.8, 4) is 11.4 Å². The van der Waals surface area contributed by atoms with E-state index in [2.05, 4.69) is 26.4 Å². The van der Waals surface area contributed by atoms with E-state index >= 15 is 0 Å². The normalized spacial score (nSPS) is 15.2. The third-order valence-corrected chi connectivity index (χ3v) is 4.25. The van der Waals surface area contributed by atoms with Gasteiger partial charge in [-0.25, -0.2) is 15.4 Å². The highest BCUT2D eigenvalue weighted by molar-refractivity contribution is 6.03. The molecule has 0 aliphatic carbocycles. The maximum Gasteiger partial charge on any atom is 0.237 e. The molecule has 2 aromatic rings. The lowest BCUT2D eigenvalue weighted by molar-refractivity contribution is 0.158. The summed E-state index contributed by atoms with van der Waals surface area (Å²) in [5, 5.41) is 0. The molecule has 0 bridgehead atoms. The van der Waals surface area contributed by atoms with Gasteiger partial charge < -0.3 is 14.2 Å². The zero-order chi connectivity index (χ0) is 18.6. The van der Waals surface area contributed by atoms with Crippen molar-refractivity contribution >= 4 is 11.7 Å². The van der Waals surface area contributed by atoms with Gasteiger partial charge in [0.25, 0.3) is 0 Å². The first-order valence-electron chi connectivity index (χ1n) is 8.51. The molecule has 1 aromatic heterocycles. The first-order chi connectivity index (χ1) is 13.3. The molecule has 3 N–H and O–H groups in total. The van der Waals surface area contributed by atoms with Crippen LogP contribution in [0.2, 0.25) is 0 Å². The summed E-state index contributed by atoms with van der Waals surface area (Å²) in [7, 11) is 3.24. The number of methoxy groups -OCH3 is 2. The minimum Gasteiger partial charge on any atom is -0.497 e. The first kappa shape index (κ1) is 17.5. The van der Waals surface area contributed by atoms with E-state index in [0.717, 1.165) is 28.4 Å². The van der Waals surface area contributed by atoms with Gasteiger partial charge in [0.05, 0.1) is 31.6 Å². The Hall–Kier alpha value is -2.95. The molecule has 0 saturated heterocycles. The van der Waals surface area contributed by atoms with Crippen molar-refractivity contribution < 1.29 is 14.2 Å². The lowest BCUT2D eigenvalue weighted by atomic mass is 10.1. The third kappa shape index (κ3) is 3.37. The van der Waals surface area contributed by atoms with Crippen molar-refractivity contribution in [2.24, 2.45) is 9.98 Å². The fraction of sp³-hybridized carbons (Fsp3) is 0.353. The number of ether oxygens (including phenoxy) is 3. The number of aromatic nitrogens is 2. The van der Waals surface area contributed by atoms with Gasteiger partial charge in [0.2, 0.25) is 5.90 Å². The van der Waals surface area contributed by atoms with E-state index in [-0.39, 0.29) is 0 Å². The van der Waals surface area contributed by atoms with Gasteiger partial charge in [0.1, 0.15) is 36.9 Å². The highest BCUT2D eigenvalue weighted by Crippen LogP contribution is 2.27. The predicted molar refractivity (Wildman–Crippen MR) is 99.0 cm³/mol. The maximum atomic E-state index is 5.60. The highest BCUT2D eigenvalue weighted by Gasteiger charge is 2.25. The topological polar surface area (TPSA) is 106 Å². The fourth-order valence-corrected chi connectivity index (χ4v) is 2.99. The van der Waals surface area contributed by atoms with Crippen molar-refractivity contribution in [1.82, 2.24) is 25.9 Å². The molecule has 4 rings (SSSR count). The molecule has 2 aliphatic heterocycles. The Morgan fingerprint density at radius 1 is 1.26 bits per heavy atom. The summed E-state index contributed by atoms with van der Waals surface area (Å²) >= 11 is 0. The van der Waals surface area contributed by atoms with Crippen LogP contribution < -0.4 is 21.1 Å². The first-order valence-corrected chi connectivity index (χ1v) is 8.51. The van der Waals surface area contributed by atoms with Crippen LogP contribution in [0.3, 0.4) is 0 Å². The molecular weight excluding hydrogens is 350 g/mol. The number of benzene rings is 1. The number of aliphatic imine (C=N–C) groups is 2. The van der Waals surface area contributed by atoms with Gasteiger partial charge >= 0.3 is 0 Å². The molecule has 10 heteroatoms. The summed E-state index contributed by atoms with van der Waals surface area (Å²) in [6.07, 6.45) is 1.77. The molecule has 1 aromatic carbocycles. The second-order valence-corrected chi connectivity index (χ2v) is 5.85. The minimum atomic E-state index is 0.344. The van der Waals surface area contributed by atoms with Crippen LogP contribution in [0, 0.1) is 0 Å². The van der Waals surface area contributed by atoms with Crippen LogP contribution in [0.15, 0.2) is 34.5 Å². The summed E-state index contributed by atoms with van der Waals surface area (Å²) in [6.45, 7) is 2.00. The Kier molecular flexibility index (Phi) is 5.01. The number of nitrogens with one attached hydrogen (secondary N) is 3. The Bertz CT molecular complexity index is 891. The van der Waals surface area contributed by atoms with Crippen LogP contribution >= 0.6 is 0 Å². The molecule has 0 fully saturated rings. The van der Waals surface area contributed by atoms with Crippen molar-refractivity contribution in [2.45, 2.75) is 6.54 Å². The van der Waals surface area contributed by atoms with Crippen LogP contribution in [0.5, 0.6) is 5.75 Å². The second-order valence-electron chi connectivity index (χ2n) is 5.85. The fourth-order valence-electron chi connectivity index (χ4n) is 2.99. The van der Waals surface area contributed by atoms with Crippen LogP contribution in [-0.4, -0.2) is 55.4 Å². The van der Waals surface area contributed by atoms with E-state index < -0.39 is 0 Å². The molecule has 0 atom stereocenters. The third-order valence-electron chi connectivity index (χ3n) is 4.25. The summed E-state index contributed by atoms with van der Waals surface area (Å²) < 4.78 is 18.0. The van der Waals surface area contributed by atoms with E-state index in [9.17, 15) is 0 Å². The molecule has 3 heterocycles. The Balaban J connectivity index is 1.73. The molecule has 0 saturated carbocycles. The molecule has 2 aliphatic rings. The van der Waals surface area contributed by atoms with Gasteiger partial charge in [-0.3, -0.25) is 15.0 Å². The molecule has 0 unspecified atom stereocenters. The van der Waals surface area contributed by atoms with Crippen LogP contribution in [0.1, 0.15) is 17.0 Å². The number of hydrazine groups is 2. The van der Waals surface area contributed by atoms with Gasteiger partial charge in [-0.2, -0.15) is 5.53 Å². The van der Waals surface area contributed by atoms with E-state index in [1.807, 2.05) is 22.8 Å². The zero-order valence-electron chi connectivity index (χ0n) is 15.2. The molecule has 27 heavy (non-hydrogen) atoms. The number of imidazole rings is 1. The Morgan fingerprint density at radius 3 is 2.96 bits per heavy atom. The number of rotatable bonds is 6. The van der Waals surface area contributed by atoms with Crippen molar-refractivity contribution in [3.63, 3.8) is 0 Å². The van der Waals surface area contributed by atoms with E-state index in [1.165, 1.54) is 0 Å². The summed E-state index contributed by atoms with van der Waals surface area (Å²) in [4.78, 5) is 13.6. The van der Waals surface area contributed by atoms with Gasteiger partial charge in [0.15, 0.2) is 0 Å². The quantitative estimate of drug-likeness (QED) is 0.376. The average molecular weight is 371 g/mol. The summed E-state index contributed by atoms with van der Waals surface area (Å²) in [5.41, 5.74) is 12.3. The van der Waals surface area contributed by atoms with Crippen molar-refractivity contribution in [1.29, 1.82) is 0 Å². The van der Waals surface area contributed by atoms with Crippen molar-refractivity contribution in [3.05, 3.63) is 41.5 Å².